The third kappa shape index (κ3) is 3.12. The van der Waals surface area contributed by atoms with Crippen molar-refractivity contribution in [1.29, 1.82) is 0 Å². The molecule has 0 aliphatic carbocycles. The number of rotatable bonds is 5. The van der Waals surface area contributed by atoms with Crippen molar-refractivity contribution in [1.82, 2.24) is 9.97 Å². The fourth-order valence-electron chi connectivity index (χ4n) is 2.39. The molecule has 0 radical (unpaired) electrons. The van der Waals surface area contributed by atoms with Crippen molar-refractivity contribution in [3.63, 3.8) is 0 Å². The number of halogens is 2. The molecule has 7 heteroatoms. The molecular weight excluding hydrogens is 422 g/mol. The van der Waals surface area contributed by atoms with Gasteiger partial charge in [-0.05, 0) is 18.2 Å². The van der Waals surface area contributed by atoms with Gasteiger partial charge < -0.3 is 11.1 Å². The lowest BCUT2D eigenvalue weighted by atomic mass is 10.1. The van der Waals surface area contributed by atoms with Gasteiger partial charge in [-0.1, -0.05) is 43.4 Å². The van der Waals surface area contributed by atoms with Gasteiger partial charge in [0.05, 0.1) is 11.1 Å². The van der Waals surface area contributed by atoms with Gasteiger partial charge in [-0.2, -0.15) is 0 Å². The third-order valence-electron chi connectivity index (χ3n) is 3.55. The summed E-state index contributed by atoms with van der Waals surface area (Å²) in [6, 6.07) is 10.4. The van der Waals surface area contributed by atoms with Gasteiger partial charge in [0, 0.05) is 21.1 Å². The highest BCUT2D eigenvalue weighted by Gasteiger charge is 2.12. The largest absolute Gasteiger partial charge is 0.366 e. The molecule has 3 rings (SSSR count). The number of anilines is 1. The number of benzene rings is 2. The van der Waals surface area contributed by atoms with Crippen LogP contribution >= 0.6 is 20.7 Å². The highest BCUT2D eigenvalue weighted by atomic mass is 127. The number of hydrogen-bond acceptors (Lipinski definition) is 4. The van der Waals surface area contributed by atoms with Crippen molar-refractivity contribution >= 4 is 47.9 Å². The number of nitrogens with two attached hydrogens (primary N) is 1. The van der Waals surface area contributed by atoms with Gasteiger partial charge in [-0.15, -0.1) is 0 Å². The van der Waals surface area contributed by atoms with Crippen molar-refractivity contribution in [2.45, 2.75) is 6.54 Å². The van der Waals surface area contributed by atoms with E-state index in [1.807, 2.05) is 6.07 Å². The molecule has 0 saturated carbocycles. The number of nitrogens with zero attached hydrogens (tertiary/aromatic N) is 2. The van der Waals surface area contributed by atoms with E-state index in [2.05, 4.69) is 19.8 Å². The van der Waals surface area contributed by atoms with Crippen LogP contribution in [0.4, 0.5) is 10.2 Å². The Morgan fingerprint density at radius 2 is 2.04 bits per heavy atom. The minimum atomic E-state index is -0.566. The lowest BCUT2D eigenvalue weighted by molar-refractivity contribution is 0.100. The second-order valence-electron chi connectivity index (χ2n) is 4.99. The first-order valence-corrected chi connectivity index (χ1v) is 9.65. The van der Waals surface area contributed by atoms with Crippen LogP contribution in [0.1, 0.15) is 15.9 Å². The van der Waals surface area contributed by atoms with Gasteiger partial charge in [-0.3, -0.25) is 4.79 Å². The third-order valence-corrected chi connectivity index (χ3v) is 5.21. The van der Waals surface area contributed by atoms with E-state index in [0.717, 1.165) is 0 Å². The van der Waals surface area contributed by atoms with Crippen molar-refractivity contribution in [3.8, 4) is 0 Å². The highest BCUT2D eigenvalue weighted by Crippen LogP contribution is 2.23. The molecule has 5 nitrogen and oxygen atoms in total. The molecule has 0 aliphatic rings. The Labute approximate surface area is 147 Å². The maximum absolute atomic E-state index is 14.3. The van der Waals surface area contributed by atoms with Gasteiger partial charge in [0.2, 0.25) is 0 Å². The Balaban J connectivity index is 1.96. The molecule has 1 heterocycles. The smallest absolute Gasteiger partial charge is 0.250 e. The summed E-state index contributed by atoms with van der Waals surface area (Å²) >= 11 is -0.566. The second kappa shape index (κ2) is 7.00. The minimum absolute atomic E-state index is 0.219. The van der Waals surface area contributed by atoms with Crippen molar-refractivity contribution in [2.75, 3.05) is 5.32 Å². The molecule has 0 spiro atoms. The first kappa shape index (κ1) is 16.4. The first-order chi connectivity index (χ1) is 11.6. The number of carbonyl (C=O) groups excluding carboxylic acids is 1. The summed E-state index contributed by atoms with van der Waals surface area (Å²) in [5.74, 6) is -0.246. The summed E-state index contributed by atoms with van der Waals surface area (Å²) < 4.78 is 18.8. The molecule has 0 saturated heterocycles. The van der Waals surface area contributed by atoms with E-state index in [9.17, 15) is 9.18 Å². The summed E-state index contributed by atoms with van der Waals surface area (Å²) in [4.78, 5) is 19.8. The van der Waals surface area contributed by atoms with E-state index in [1.54, 1.807) is 30.3 Å². The monoisotopic (exact) mass is 436 g/mol. The van der Waals surface area contributed by atoms with Crippen LogP contribution in [0.25, 0.3) is 10.9 Å². The normalized spacial score (nSPS) is 10.7. The van der Waals surface area contributed by atoms with E-state index in [1.165, 1.54) is 6.33 Å². The molecular formula is C17H14FIN4O. The Kier molecular flexibility index (Phi) is 4.79. The maximum Gasteiger partial charge on any atom is 0.250 e. The molecule has 0 unspecified atom stereocenters. The number of hydrogen-bond donors (Lipinski definition) is 2. The van der Waals surface area contributed by atoms with E-state index in [0.29, 0.717) is 31.4 Å². The highest BCUT2D eigenvalue weighted by molar-refractivity contribution is 14.2. The van der Waals surface area contributed by atoms with Gasteiger partial charge >= 0.3 is 0 Å². The number of primary amides is 1. The molecule has 24 heavy (non-hydrogen) atoms. The van der Waals surface area contributed by atoms with Crippen LogP contribution in [-0.2, 0) is 6.54 Å². The number of fused-ring (bicyclic) bond motifs is 1. The number of nitrogens with one attached hydrogen (secondary N) is 1. The summed E-state index contributed by atoms with van der Waals surface area (Å²) in [5.41, 5.74) is 6.72. The van der Waals surface area contributed by atoms with Crippen molar-refractivity contribution < 1.29 is 9.18 Å². The van der Waals surface area contributed by atoms with E-state index >= 15 is 0 Å². The topological polar surface area (TPSA) is 80.9 Å². The van der Waals surface area contributed by atoms with Crippen LogP contribution < -0.4 is 11.1 Å². The molecule has 1 amide bonds. The van der Waals surface area contributed by atoms with Crippen LogP contribution in [0.2, 0.25) is 0 Å². The molecule has 2 aromatic carbocycles. The van der Waals surface area contributed by atoms with Crippen LogP contribution in [0, 0.1) is 9.39 Å². The van der Waals surface area contributed by atoms with Gasteiger partial charge in [-0.25, -0.2) is 14.4 Å². The maximum atomic E-state index is 14.3. The molecule has 122 valence electrons. The zero-order chi connectivity index (χ0) is 17.1. The summed E-state index contributed by atoms with van der Waals surface area (Å²) in [6.45, 7) is 0.274. The average Bonchev–Trinajstić information content (AvgIpc) is 2.60. The van der Waals surface area contributed by atoms with Crippen molar-refractivity contribution in [3.05, 3.63) is 63.2 Å². The summed E-state index contributed by atoms with van der Waals surface area (Å²) in [5, 5.41) is 3.77. The molecule has 3 N–H and O–H groups in total. The van der Waals surface area contributed by atoms with Crippen molar-refractivity contribution in [2.24, 2.45) is 5.73 Å². The molecule has 0 atom stereocenters. The Morgan fingerprint density at radius 3 is 2.79 bits per heavy atom. The van der Waals surface area contributed by atoms with E-state index in [4.69, 9.17) is 5.73 Å². The lowest BCUT2D eigenvalue weighted by Gasteiger charge is -2.11. The summed E-state index contributed by atoms with van der Waals surface area (Å²) in [7, 11) is 0. The molecule has 3 aromatic rings. The molecule has 0 fully saturated rings. The summed E-state index contributed by atoms with van der Waals surface area (Å²) in [6.07, 6.45) is 1.35. The minimum Gasteiger partial charge on any atom is -0.366 e. The fraction of sp³-hybridized carbons (Fsp3) is 0.0588. The van der Waals surface area contributed by atoms with Crippen LogP contribution in [-0.4, -0.2) is 20.4 Å². The van der Waals surface area contributed by atoms with E-state index in [-0.39, 0.29) is 12.4 Å². The first-order valence-electron chi connectivity index (χ1n) is 7.05. The standard InChI is InChI=1S/C17H14FIN4O/c1-19-13-7-2-4-10(14(13)18)8-21-17-12-6-3-5-11(16(20)24)15(12)22-9-23-17/h2-7,9H,1,8H2,(H2,20,24)(H,21,22,23). The molecule has 0 bridgehead atoms. The Morgan fingerprint density at radius 1 is 1.25 bits per heavy atom. The number of amides is 1. The zero-order valence-electron chi connectivity index (χ0n) is 12.6. The predicted octanol–water partition coefficient (Wildman–Crippen LogP) is 3.05. The van der Waals surface area contributed by atoms with E-state index < -0.39 is 26.6 Å². The van der Waals surface area contributed by atoms with Gasteiger partial charge in [0.15, 0.2) is 0 Å². The second-order valence-corrected chi connectivity index (χ2v) is 6.91. The number of para-hydroxylation sites is 1. The van der Waals surface area contributed by atoms with Gasteiger partial charge in [0.1, 0.15) is 18.0 Å². The average molecular weight is 436 g/mol. The van der Waals surface area contributed by atoms with Crippen LogP contribution in [0.5, 0.6) is 0 Å². The molecule has 1 aromatic heterocycles. The lowest BCUT2D eigenvalue weighted by Crippen LogP contribution is -2.12. The van der Waals surface area contributed by atoms with Crippen LogP contribution in [0.3, 0.4) is 0 Å². The Hall–Kier alpha value is -2.42. The predicted molar refractivity (Wildman–Crippen MR) is 102 cm³/mol. The van der Waals surface area contributed by atoms with Gasteiger partial charge in [0.25, 0.3) is 5.91 Å². The quantitative estimate of drug-likeness (QED) is 0.603. The number of aromatic nitrogens is 2. The fourth-order valence-corrected chi connectivity index (χ4v) is 3.54. The van der Waals surface area contributed by atoms with Crippen LogP contribution in [0.15, 0.2) is 42.7 Å². The Bertz CT molecular complexity index is 945. The number of carbonyl (C=O) groups is 1. The zero-order valence-corrected chi connectivity index (χ0v) is 14.7. The molecule has 0 aliphatic heterocycles. The SMILES string of the molecule is C=Ic1cccc(CNc2ncnc3c(C(N)=O)cccc23)c1F.